The summed E-state index contributed by atoms with van der Waals surface area (Å²) in [4.78, 5) is 0. The first-order valence-electron chi connectivity index (χ1n) is 2.77. The maximum atomic E-state index is 5.52. The number of nitrogens with one attached hydrogen (secondary N) is 1. The molecule has 0 aliphatic carbocycles. The van der Waals surface area contributed by atoms with Gasteiger partial charge in [0.15, 0.2) is 0 Å². The topological polar surface area (TPSA) is 47.3 Å². The molecule has 0 saturated carbocycles. The Morgan fingerprint density at radius 1 is 1.78 bits per heavy atom. The van der Waals surface area contributed by atoms with Gasteiger partial charge in [-0.15, -0.1) is 0 Å². The first-order valence-corrected chi connectivity index (χ1v) is 2.77. The van der Waals surface area contributed by atoms with E-state index in [0.717, 1.165) is 5.76 Å². The fourth-order valence-electron chi connectivity index (χ4n) is 0.685. The summed E-state index contributed by atoms with van der Waals surface area (Å²) < 4.78 is 4.94. The van der Waals surface area contributed by atoms with Crippen LogP contribution in [0.4, 0.5) is 0 Å². The fourth-order valence-corrected chi connectivity index (χ4v) is 0.685. The molecule has 1 aliphatic rings. The monoisotopic (exact) mass is 126 g/mol. The third kappa shape index (κ3) is 1.16. The number of allylic oxidation sites excluding steroid dienone is 1. The number of dihydropyridines is 1. The van der Waals surface area contributed by atoms with Crippen molar-refractivity contribution in [2.24, 2.45) is 5.73 Å². The maximum Gasteiger partial charge on any atom is 0.137 e. The second-order valence-electron chi connectivity index (χ2n) is 1.80. The molecule has 50 valence electrons. The number of hydrogen-bond acceptors (Lipinski definition) is 3. The Morgan fingerprint density at radius 3 is 3.00 bits per heavy atom. The van der Waals surface area contributed by atoms with E-state index in [4.69, 9.17) is 10.5 Å². The maximum absolute atomic E-state index is 5.52. The van der Waals surface area contributed by atoms with Gasteiger partial charge in [-0.25, -0.2) is 0 Å². The average molecular weight is 126 g/mol. The highest BCUT2D eigenvalue weighted by Gasteiger charge is 2.02. The van der Waals surface area contributed by atoms with E-state index in [2.05, 4.69) is 5.32 Å². The molecule has 1 aliphatic heterocycles. The second-order valence-corrected chi connectivity index (χ2v) is 1.80. The van der Waals surface area contributed by atoms with Gasteiger partial charge in [-0.05, 0) is 12.3 Å². The molecule has 3 N–H and O–H groups in total. The normalized spacial score (nSPS) is 17.4. The molecule has 0 spiro atoms. The Kier molecular flexibility index (Phi) is 1.63. The first kappa shape index (κ1) is 6.01. The van der Waals surface area contributed by atoms with Gasteiger partial charge in [0, 0.05) is 0 Å². The zero-order chi connectivity index (χ0) is 6.69. The van der Waals surface area contributed by atoms with Crippen LogP contribution in [-0.2, 0) is 4.74 Å². The van der Waals surface area contributed by atoms with Crippen molar-refractivity contribution >= 4 is 0 Å². The number of methoxy groups -OCH3 is 1. The predicted molar refractivity (Wildman–Crippen MR) is 35.4 cm³/mol. The van der Waals surface area contributed by atoms with Crippen LogP contribution in [0.5, 0.6) is 0 Å². The lowest BCUT2D eigenvalue weighted by molar-refractivity contribution is 0.277. The van der Waals surface area contributed by atoms with E-state index in [9.17, 15) is 0 Å². The van der Waals surface area contributed by atoms with Crippen molar-refractivity contribution in [3.05, 3.63) is 23.7 Å². The Morgan fingerprint density at radius 2 is 2.56 bits per heavy atom. The van der Waals surface area contributed by atoms with E-state index < -0.39 is 0 Å². The molecular weight excluding hydrogens is 116 g/mol. The molecule has 0 amide bonds. The lowest BCUT2D eigenvalue weighted by Gasteiger charge is -2.11. The number of nitrogens with two attached hydrogens (primary N) is 1. The van der Waals surface area contributed by atoms with Crippen LogP contribution in [-0.4, -0.2) is 13.7 Å². The summed E-state index contributed by atoms with van der Waals surface area (Å²) in [7, 11) is 1.61. The van der Waals surface area contributed by atoms with Crippen molar-refractivity contribution < 1.29 is 4.74 Å². The fraction of sp³-hybridized carbons (Fsp3) is 0.333. The van der Waals surface area contributed by atoms with Crippen LogP contribution in [0.2, 0.25) is 0 Å². The molecule has 0 unspecified atom stereocenters. The predicted octanol–water partition coefficient (Wildman–Crippen LogP) is -0.0800. The standard InChI is InChI=1S/C6H10N2O/c1-9-6-4-8-3-2-5(6)7/h2-3,8H,4,7H2,1H3. The zero-order valence-corrected chi connectivity index (χ0v) is 5.35. The van der Waals surface area contributed by atoms with E-state index in [1.165, 1.54) is 0 Å². The lowest BCUT2D eigenvalue weighted by Crippen LogP contribution is -2.19. The van der Waals surface area contributed by atoms with Crippen molar-refractivity contribution in [2.45, 2.75) is 0 Å². The van der Waals surface area contributed by atoms with Crippen LogP contribution in [0.25, 0.3) is 0 Å². The van der Waals surface area contributed by atoms with Gasteiger partial charge >= 0.3 is 0 Å². The quantitative estimate of drug-likeness (QED) is 0.516. The molecule has 0 bridgehead atoms. The molecule has 0 aromatic carbocycles. The molecule has 0 aromatic heterocycles. The van der Waals surface area contributed by atoms with Gasteiger partial charge in [0.05, 0.1) is 19.4 Å². The van der Waals surface area contributed by atoms with Gasteiger partial charge < -0.3 is 15.8 Å². The molecule has 0 aromatic rings. The van der Waals surface area contributed by atoms with E-state index in [0.29, 0.717) is 12.2 Å². The highest BCUT2D eigenvalue weighted by atomic mass is 16.5. The summed E-state index contributed by atoms with van der Waals surface area (Å²) >= 11 is 0. The van der Waals surface area contributed by atoms with Crippen molar-refractivity contribution in [1.29, 1.82) is 0 Å². The van der Waals surface area contributed by atoms with E-state index in [1.54, 1.807) is 19.4 Å². The van der Waals surface area contributed by atoms with Crippen LogP contribution in [0.1, 0.15) is 0 Å². The average Bonchev–Trinajstić information content (AvgIpc) is 1.89. The summed E-state index contributed by atoms with van der Waals surface area (Å²) in [6, 6.07) is 0. The lowest BCUT2D eigenvalue weighted by atomic mass is 10.3. The van der Waals surface area contributed by atoms with Crippen LogP contribution < -0.4 is 11.1 Å². The molecule has 0 atom stereocenters. The van der Waals surface area contributed by atoms with Gasteiger partial charge in [-0.1, -0.05) is 0 Å². The van der Waals surface area contributed by atoms with Crippen LogP contribution in [0, 0.1) is 0 Å². The smallest absolute Gasteiger partial charge is 0.137 e. The highest BCUT2D eigenvalue weighted by Crippen LogP contribution is 2.02. The van der Waals surface area contributed by atoms with Gasteiger partial charge in [0.25, 0.3) is 0 Å². The Bertz CT molecular complexity index is 160. The van der Waals surface area contributed by atoms with Crippen molar-refractivity contribution in [3.63, 3.8) is 0 Å². The van der Waals surface area contributed by atoms with Crippen molar-refractivity contribution in [2.75, 3.05) is 13.7 Å². The van der Waals surface area contributed by atoms with E-state index in [-0.39, 0.29) is 0 Å². The summed E-state index contributed by atoms with van der Waals surface area (Å²) in [5.74, 6) is 0.803. The zero-order valence-electron chi connectivity index (χ0n) is 5.35. The molecular formula is C6H10N2O. The van der Waals surface area contributed by atoms with Gasteiger partial charge in [-0.2, -0.15) is 0 Å². The largest absolute Gasteiger partial charge is 0.497 e. The van der Waals surface area contributed by atoms with Gasteiger partial charge in [0.2, 0.25) is 0 Å². The molecule has 1 rings (SSSR count). The molecule has 9 heavy (non-hydrogen) atoms. The molecule has 0 fully saturated rings. The Labute approximate surface area is 54.2 Å². The minimum atomic E-state index is 0.693. The Hall–Kier alpha value is -1.12. The van der Waals surface area contributed by atoms with E-state index >= 15 is 0 Å². The van der Waals surface area contributed by atoms with Gasteiger partial charge in [0.1, 0.15) is 5.76 Å². The van der Waals surface area contributed by atoms with Crippen molar-refractivity contribution in [3.8, 4) is 0 Å². The summed E-state index contributed by atoms with van der Waals surface area (Å²) in [5, 5.41) is 2.97. The minimum absolute atomic E-state index is 0.693. The second kappa shape index (κ2) is 2.44. The first-order chi connectivity index (χ1) is 4.34. The molecule has 0 radical (unpaired) electrons. The third-order valence-corrected chi connectivity index (χ3v) is 1.21. The number of rotatable bonds is 1. The number of ether oxygens (including phenoxy) is 1. The van der Waals surface area contributed by atoms with Crippen LogP contribution >= 0.6 is 0 Å². The molecule has 3 heteroatoms. The van der Waals surface area contributed by atoms with E-state index in [1.807, 2.05) is 0 Å². The third-order valence-electron chi connectivity index (χ3n) is 1.21. The minimum Gasteiger partial charge on any atom is -0.497 e. The van der Waals surface area contributed by atoms with Crippen LogP contribution in [0.3, 0.4) is 0 Å². The Balaban J connectivity index is 2.72. The van der Waals surface area contributed by atoms with Gasteiger partial charge in [-0.3, -0.25) is 0 Å². The SMILES string of the molecule is COC1=C(N)C=CNC1. The van der Waals surface area contributed by atoms with Crippen molar-refractivity contribution in [1.82, 2.24) is 5.32 Å². The molecule has 3 nitrogen and oxygen atoms in total. The molecule has 1 heterocycles. The van der Waals surface area contributed by atoms with Crippen LogP contribution in [0.15, 0.2) is 23.7 Å². The molecule has 0 saturated heterocycles. The highest BCUT2D eigenvalue weighted by molar-refractivity contribution is 5.23. The summed E-state index contributed by atoms with van der Waals surface area (Å²) in [6.45, 7) is 0.693. The summed E-state index contributed by atoms with van der Waals surface area (Å²) in [6.07, 6.45) is 3.58. The summed E-state index contributed by atoms with van der Waals surface area (Å²) in [5.41, 5.74) is 6.22. The number of hydrogen-bond donors (Lipinski definition) is 2.